The number of hydrogen-bond acceptors (Lipinski definition) is 2. The van der Waals surface area contributed by atoms with E-state index >= 15 is 0 Å². The summed E-state index contributed by atoms with van der Waals surface area (Å²) in [6.07, 6.45) is 2.42. The molecule has 0 fully saturated rings. The lowest BCUT2D eigenvalue weighted by Gasteiger charge is -1.90. The number of aromatic nitrogens is 1. The Labute approximate surface area is 58.1 Å². The van der Waals surface area contributed by atoms with Crippen LogP contribution in [0.25, 0.3) is 0 Å². The third-order valence-electron chi connectivity index (χ3n) is 0.900. The fourth-order valence-electron chi connectivity index (χ4n) is 0.443. The molecule has 0 atom stereocenters. The van der Waals surface area contributed by atoms with Crippen LogP contribution in [0.15, 0.2) is 6.07 Å². The molecule has 1 aromatic rings. The molecular weight excluding hydrogens is 138 g/mol. The summed E-state index contributed by atoms with van der Waals surface area (Å²) >= 11 is 5.50. The predicted octanol–water partition coefficient (Wildman–Crippen LogP) is 0.828. The second-order valence-corrected chi connectivity index (χ2v) is 1.84. The Bertz CT molecular complexity index is 202. The second kappa shape index (κ2) is 2.67. The topological polar surface area (TPSA) is 33.1 Å². The van der Waals surface area contributed by atoms with E-state index in [1.54, 1.807) is 6.07 Å². The van der Waals surface area contributed by atoms with Crippen LogP contribution in [0.1, 0.15) is 5.56 Å². The van der Waals surface area contributed by atoms with Crippen molar-refractivity contribution in [3.63, 3.8) is 0 Å². The standard InChI is InChI=1S/C6H4ClNO/c7-6-5(4-9)2-1-3-8-6/h2,9H,4H2. The molecule has 0 amide bonds. The van der Waals surface area contributed by atoms with Crippen LogP contribution < -0.4 is 0 Å². The first-order valence-electron chi connectivity index (χ1n) is 2.38. The lowest BCUT2D eigenvalue weighted by molar-refractivity contribution is 0.281. The third kappa shape index (κ3) is 1.32. The number of aliphatic hydroxyl groups excluding tert-OH is 1. The summed E-state index contributed by atoms with van der Waals surface area (Å²) in [4.78, 5) is 3.57. The van der Waals surface area contributed by atoms with Crippen LogP contribution >= 0.6 is 11.6 Å². The first-order valence-corrected chi connectivity index (χ1v) is 2.76. The monoisotopic (exact) mass is 141 g/mol. The fraction of sp³-hybridized carbons (Fsp3) is 0.167. The molecule has 1 heterocycles. The van der Waals surface area contributed by atoms with Crippen molar-refractivity contribution >= 4 is 11.6 Å². The highest BCUT2D eigenvalue weighted by Crippen LogP contribution is 2.07. The number of aliphatic hydroxyl groups is 1. The third-order valence-corrected chi connectivity index (χ3v) is 1.23. The quantitative estimate of drug-likeness (QED) is 0.629. The second-order valence-electron chi connectivity index (χ2n) is 1.49. The van der Waals surface area contributed by atoms with Gasteiger partial charge in [0.1, 0.15) is 5.15 Å². The zero-order valence-electron chi connectivity index (χ0n) is 4.56. The summed E-state index contributed by atoms with van der Waals surface area (Å²) in [6, 6.07) is 4.12. The molecule has 0 saturated heterocycles. The van der Waals surface area contributed by atoms with E-state index in [0.29, 0.717) is 5.56 Å². The van der Waals surface area contributed by atoms with Crippen LogP contribution in [-0.4, -0.2) is 10.1 Å². The molecule has 3 heteroatoms. The predicted molar refractivity (Wildman–Crippen MR) is 32.8 cm³/mol. The van der Waals surface area contributed by atoms with Crippen molar-refractivity contribution in [2.75, 3.05) is 0 Å². The molecule has 0 saturated carbocycles. The van der Waals surface area contributed by atoms with E-state index in [1.807, 2.05) is 0 Å². The number of halogens is 1. The number of rotatable bonds is 1. The van der Waals surface area contributed by atoms with Gasteiger partial charge in [0, 0.05) is 11.8 Å². The van der Waals surface area contributed by atoms with Crippen molar-refractivity contribution in [1.82, 2.24) is 4.98 Å². The molecule has 9 heavy (non-hydrogen) atoms. The molecule has 0 aromatic carbocycles. The van der Waals surface area contributed by atoms with Gasteiger partial charge in [-0.05, 0) is 12.1 Å². The smallest absolute Gasteiger partial charge is 0.145 e. The van der Waals surface area contributed by atoms with Crippen molar-refractivity contribution in [2.45, 2.75) is 6.61 Å². The van der Waals surface area contributed by atoms with E-state index in [1.165, 1.54) is 0 Å². The molecule has 0 bridgehead atoms. The van der Waals surface area contributed by atoms with Gasteiger partial charge in [0.05, 0.1) is 6.61 Å². The zero-order chi connectivity index (χ0) is 6.69. The lowest BCUT2D eigenvalue weighted by Crippen LogP contribution is -1.83. The molecular formula is C6H4ClNO. The van der Waals surface area contributed by atoms with Crippen molar-refractivity contribution in [1.29, 1.82) is 0 Å². The van der Waals surface area contributed by atoms with Crippen molar-refractivity contribution in [3.8, 4) is 0 Å². The molecule has 2 nitrogen and oxygen atoms in total. The molecule has 46 valence electrons. The Kier molecular flexibility index (Phi) is 1.88. The summed E-state index contributed by atoms with van der Waals surface area (Å²) in [7, 11) is 0. The summed E-state index contributed by atoms with van der Waals surface area (Å²) in [5.41, 5.74) is 0.579. The molecule has 1 N–H and O–H groups in total. The normalized spacial score (nSPS) is 8.67. The average molecular weight is 142 g/mol. The van der Waals surface area contributed by atoms with Gasteiger partial charge < -0.3 is 5.11 Å². The minimum absolute atomic E-state index is 0.100. The first-order chi connectivity index (χ1) is 4.34. The van der Waals surface area contributed by atoms with Gasteiger partial charge in [0.25, 0.3) is 0 Å². The van der Waals surface area contributed by atoms with E-state index < -0.39 is 0 Å². The maximum Gasteiger partial charge on any atom is 0.145 e. The molecule has 0 radical (unpaired) electrons. The average Bonchev–Trinajstić information content (AvgIpc) is 1.89. The Hall–Kier alpha value is -0.780. The van der Waals surface area contributed by atoms with Gasteiger partial charge >= 0.3 is 0 Å². The van der Waals surface area contributed by atoms with Gasteiger partial charge in [-0.25, -0.2) is 0 Å². The van der Waals surface area contributed by atoms with Gasteiger partial charge in [-0.15, -0.1) is 0 Å². The molecule has 0 spiro atoms. The Balaban J connectivity index is 3.01. The van der Waals surface area contributed by atoms with Gasteiger partial charge in [-0.3, -0.25) is 0 Å². The van der Waals surface area contributed by atoms with Crippen molar-refractivity contribution in [3.05, 3.63) is 29.0 Å². The van der Waals surface area contributed by atoms with E-state index in [2.05, 4.69) is 17.2 Å². The minimum Gasteiger partial charge on any atom is -0.392 e. The lowest BCUT2D eigenvalue weighted by atomic mass is 10.3. The number of nitrogens with zero attached hydrogens (tertiary/aromatic N) is 1. The Morgan fingerprint density at radius 1 is 1.78 bits per heavy atom. The van der Waals surface area contributed by atoms with Crippen LogP contribution in [0, 0.1) is 12.3 Å². The van der Waals surface area contributed by atoms with Crippen molar-refractivity contribution < 1.29 is 5.11 Å². The van der Waals surface area contributed by atoms with E-state index in [0.717, 1.165) is 0 Å². The summed E-state index contributed by atoms with van der Waals surface area (Å²) in [5.74, 6) is 0. The van der Waals surface area contributed by atoms with E-state index in [-0.39, 0.29) is 11.8 Å². The SMILES string of the molecule is OCc1cc#cnc1Cl. The van der Waals surface area contributed by atoms with Crippen LogP contribution in [0.4, 0.5) is 0 Å². The van der Waals surface area contributed by atoms with Crippen LogP contribution in [0.5, 0.6) is 0 Å². The van der Waals surface area contributed by atoms with Gasteiger partial charge in [-0.2, -0.15) is 4.98 Å². The van der Waals surface area contributed by atoms with Gasteiger partial charge in [0.2, 0.25) is 0 Å². The van der Waals surface area contributed by atoms with Crippen LogP contribution in [0.3, 0.4) is 0 Å². The zero-order valence-corrected chi connectivity index (χ0v) is 5.31. The highest BCUT2D eigenvalue weighted by molar-refractivity contribution is 6.30. The van der Waals surface area contributed by atoms with Gasteiger partial charge in [-0.1, -0.05) is 11.6 Å². The molecule has 1 aromatic heterocycles. The molecule has 0 aliphatic rings. The molecule has 1 rings (SSSR count). The molecule has 0 aliphatic carbocycles. The maximum atomic E-state index is 8.56. The maximum absolute atomic E-state index is 8.56. The summed E-state index contributed by atoms with van der Waals surface area (Å²) in [5, 5.41) is 8.85. The van der Waals surface area contributed by atoms with Crippen LogP contribution in [-0.2, 0) is 6.61 Å². The van der Waals surface area contributed by atoms with Gasteiger partial charge in [0.15, 0.2) is 0 Å². The minimum atomic E-state index is -0.100. The Morgan fingerprint density at radius 2 is 2.56 bits per heavy atom. The number of hydrogen-bond donors (Lipinski definition) is 1. The van der Waals surface area contributed by atoms with Crippen LogP contribution in [0.2, 0.25) is 5.15 Å². The summed E-state index contributed by atoms with van der Waals surface area (Å²) in [6.45, 7) is -0.100. The van der Waals surface area contributed by atoms with E-state index in [9.17, 15) is 0 Å². The van der Waals surface area contributed by atoms with Crippen molar-refractivity contribution in [2.24, 2.45) is 0 Å². The largest absolute Gasteiger partial charge is 0.392 e. The highest BCUT2D eigenvalue weighted by atomic mass is 35.5. The summed E-state index contributed by atoms with van der Waals surface area (Å²) < 4.78 is 0. The highest BCUT2D eigenvalue weighted by Gasteiger charge is 1.94. The molecule has 0 aliphatic heterocycles. The fourth-order valence-corrected chi connectivity index (χ4v) is 0.600. The molecule has 0 unspecified atom stereocenters. The first kappa shape index (κ1) is 6.34. The van der Waals surface area contributed by atoms with E-state index in [4.69, 9.17) is 16.7 Å². The Morgan fingerprint density at radius 3 is 3.00 bits per heavy atom.